The van der Waals surface area contributed by atoms with Gasteiger partial charge in [0.2, 0.25) is 0 Å². The standard InChI is InChI=1S/C8H13N3/c1-6-3-8(6,9)7-4-10-11(2)5-7/h4-6H,3,9H2,1-2H3. The van der Waals surface area contributed by atoms with Gasteiger partial charge in [0.25, 0.3) is 0 Å². The first-order chi connectivity index (χ1) is 5.13. The molecule has 1 aliphatic carbocycles. The summed E-state index contributed by atoms with van der Waals surface area (Å²) in [6, 6.07) is 0. The maximum Gasteiger partial charge on any atom is 0.0540 e. The molecule has 0 bridgehead atoms. The highest BCUT2D eigenvalue weighted by Crippen LogP contribution is 2.48. The van der Waals surface area contributed by atoms with E-state index in [9.17, 15) is 0 Å². The Kier molecular flexibility index (Phi) is 1.16. The van der Waals surface area contributed by atoms with Gasteiger partial charge in [-0.3, -0.25) is 4.68 Å². The second-order valence-electron chi connectivity index (χ2n) is 3.55. The van der Waals surface area contributed by atoms with Crippen molar-refractivity contribution in [3.8, 4) is 0 Å². The first-order valence-corrected chi connectivity index (χ1v) is 3.91. The Labute approximate surface area is 66.2 Å². The maximum absolute atomic E-state index is 6.07. The van der Waals surface area contributed by atoms with E-state index >= 15 is 0 Å². The molecule has 0 saturated heterocycles. The Morgan fingerprint density at radius 2 is 2.45 bits per heavy atom. The lowest BCUT2D eigenvalue weighted by Crippen LogP contribution is -2.20. The van der Waals surface area contributed by atoms with Crippen LogP contribution in [0.1, 0.15) is 18.9 Å². The third-order valence-corrected chi connectivity index (χ3v) is 2.61. The SMILES string of the molecule is CC1CC1(N)c1cnn(C)c1. The van der Waals surface area contributed by atoms with Crippen molar-refractivity contribution in [2.45, 2.75) is 18.9 Å². The third kappa shape index (κ3) is 0.878. The Morgan fingerprint density at radius 1 is 1.82 bits per heavy atom. The Balaban J connectivity index is 2.31. The molecule has 2 rings (SSSR count). The van der Waals surface area contributed by atoms with Gasteiger partial charge in [-0.2, -0.15) is 5.10 Å². The minimum Gasteiger partial charge on any atom is -0.321 e. The molecule has 0 spiro atoms. The number of nitrogens with zero attached hydrogens (tertiary/aromatic N) is 2. The lowest BCUT2D eigenvalue weighted by atomic mass is 10.1. The van der Waals surface area contributed by atoms with Gasteiger partial charge in [-0.05, 0) is 12.3 Å². The molecular formula is C8H13N3. The topological polar surface area (TPSA) is 43.8 Å². The fourth-order valence-electron chi connectivity index (χ4n) is 1.51. The lowest BCUT2D eigenvalue weighted by molar-refractivity contribution is 0.663. The van der Waals surface area contributed by atoms with Crippen LogP contribution >= 0.6 is 0 Å². The summed E-state index contributed by atoms with van der Waals surface area (Å²) >= 11 is 0. The lowest BCUT2D eigenvalue weighted by Gasteiger charge is -2.04. The van der Waals surface area contributed by atoms with Crippen LogP contribution in [0.2, 0.25) is 0 Å². The van der Waals surface area contributed by atoms with Crippen LogP contribution in [0.4, 0.5) is 0 Å². The second-order valence-corrected chi connectivity index (χ2v) is 3.55. The van der Waals surface area contributed by atoms with Crippen LogP contribution in [0.15, 0.2) is 12.4 Å². The van der Waals surface area contributed by atoms with Crippen LogP contribution in [-0.2, 0) is 12.6 Å². The third-order valence-electron chi connectivity index (χ3n) is 2.61. The van der Waals surface area contributed by atoms with Crippen LogP contribution in [0.25, 0.3) is 0 Å². The van der Waals surface area contributed by atoms with Crippen molar-refractivity contribution in [1.82, 2.24) is 9.78 Å². The highest BCUT2D eigenvalue weighted by atomic mass is 15.2. The Hall–Kier alpha value is -0.830. The van der Waals surface area contributed by atoms with E-state index in [-0.39, 0.29) is 5.54 Å². The zero-order valence-electron chi connectivity index (χ0n) is 6.91. The molecule has 2 atom stereocenters. The molecule has 1 aromatic rings. The van der Waals surface area contributed by atoms with Gasteiger partial charge in [0, 0.05) is 24.3 Å². The molecule has 2 unspecified atom stereocenters. The second kappa shape index (κ2) is 1.85. The Morgan fingerprint density at radius 3 is 2.82 bits per heavy atom. The van der Waals surface area contributed by atoms with Gasteiger partial charge >= 0.3 is 0 Å². The molecule has 1 aliphatic rings. The van der Waals surface area contributed by atoms with E-state index in [4.69, 9.17) is 5.73 Å². The van der Waals surface area contributed by atoms with Gasteiger partial charge in [0.1, 0.15) is 0 Å². The summed E-state index contributed by atoms with van der Waals surface area (Å²) in [5.74, 6) is 0.617. The van der Waals surface area contributed by atoms with Crippen LogP contribution < -0.4 is 5.73 Å². The first-order valence-electron chi connectivity index (χ1n) is 3.91. The van der Waals surface area contributed by atoms with E-state index < -0.39 is 0 Å². The van der Waals surface area contributed by atoms with Crippen LogP contribution in [0.3, 0.4) is 0 Å². The van der Waals surface area contributed by atoms with E-state index in [1.165, 1.54) is 5.56 Å². The van der Waals surface area contributed by atoms with Crippen LogP contribution in [0, 0.1) is 5.92 Å². The molecule has 11 heavy (non-hydrogen) atoms. The summed E-state index contributed by atoms with van der Waals surface area (Å²) in [6.45, 7) is 2.17. The number of hydrogen-bond donors (Lipinski definition) is 1. The number of nitrogens with two attached hydrogens (primary N) is 1. The molecule has 3 nitrogen and oxygen atoms in total. The minimum absolute atomic E-state index is 0.0612. The molecule has 1 heterocycles. The van der Waals surface area contributed by atoms with E-state index in [2.05, 4.69) is 12.0 Å². The van der Waals surface area contributed by atoms with Crippen molar-refractivity contribution < 1.29 is 0 Å². The predicted octanol–water partition coefficient (Wildman–Crippen LogP) is 0.614. The number of aryl methyl sites for hydroxylation is 1. The maximum atomic E-state index is 6.07. The number of hydrogen-bond acceptors (Lipinski definition) is 2. The van der Waals surface area contributed by atoms with Gasteiger partial charge in [0.15, 0.2) is 0 Å². The van der Waals surface area contributed by atoms with Crippen molar-refractivity contribution in [2.75, 3.05) is 0 Å². The predicted molar refractivity (Wildman–Crippen MR) is 42.9 cm³/mol. The molecule has 2 N–H and O–H groups in total. The van der Waals surface area contributed by atoms with Gasteiger partial charge in [0.05, 0.1) is 6.20 Å². The van der Waals surface area contributed by atoms with E-state index in [1.54, 1.807) is 4.68 Å². The molecule has 0 amide bonds. The molecule has 1 aromatic heterocycles. The molecule has 0 aliphatic heterocycles. The average Bonchev–Trinajstić information content (AvgIpc) is 2.44. The van der Waals surface area contributed by atoms with Crippen LogP contribution in [-0.4, -0.2) is 9.78 Å². The van der Waals surface area contributed by atoms with Crippen molar-refractivity contribution >= 4 is 0 Å². The summed E-state index contributed by atoms with van der Waals surface area (Å²) in [7, 11) is 1.92. The molecule has 3 heteroatoms. The summed E-state index contributed by atoms with van der Waals surface area (Å²) in [5.41, 5.74) is 7.18. The van der Waals surface area contributed by atoms with E-state index in [0.29, 0.717) is 5.92 Å². The fourth-order valence-corrected chi connectivity index (χ4v) is 1.51. The van der Waals surface area contributed by atoms with Gasteiger partial charge < -0.3 is 5.73 Å². The monoisotopic (exact) mass is 151 g/mol. The van der Waals surface area contributed by atoms with Gasteiger partial charge in [-0.25, -0.2) is 0 Å². The van der Waals surface area contributed by atoms with Crippen molar-refractivity contribution in [1.29, 1.82) is 0 Å². The van der Waals surface area contributed by atoms with Gasteiger partial charge in [-0.15, -0.1) is 0 Å². The summed E-state index contributed by atoms with van der Waals surface area (Å²) in [6.07, 6.45) is 4.96. The highest BCUT2D eigenvalue weighted by Gasteiger charge is 2.49. The molecule has 1 saturated carbocycles. The van der Waals surface area contributed by atoms with Crippen molar-refractivity contribution in [3.63, 3.8) is 0 Å². The average molecular weight is 151 g/mol. The normalized spacial score (nSPS) is 35.7. The molecule has 60 valence electrons. The molecule has 1 fully saturated rings. The molecule has 0 aromatic carbocycles. The largest absolute Gasteiger partial charge is 0.321 e. The van der Waals surface area contributed by atoms with E-state index in [0.717, 1.165) is 6.42 Å². The van der Waals surface area contributed by atoms with Gasteiger partial charge in [-0.1, -0.05) is 6.92 Å². The zero-order valence-corrected chi connectivity index (χ0v) is 6.91. The summed E-state index contributed by atoms with van der Waals surface area (Å²) in [5, 5.41) is 4.09. The highest BCUT2D eigenvalue weighted by molar-refractivity contribution is 5.26. The Bertz CT molecular complexity index is 279. The minimum atomic E-state index is -0.0612. The van der Waals surface area contributed by atoms with E-state index in [1.807, 2.05) is 19.4 Å². The van der Waals surface area contributed by atoms with Crippen LogP contribution in [0.5, 0.6) is 0 Å². The van der Waals surface area contributed by atoms with Crippen molar-refractivity contribution in [3.05, 3.63) is 18.0 Å². The quantitative estimate of drug-likeness (QED) is 0.639. The summed E-state index contributed by atoms with van der Waals surface area (Å²) in [4.78, 5) is 0. The number of aromatic nitrogens is 2. The first kappa shape index (κ1) is 6.85. The molecule has 0 radical (unpaired) electrons. The number of rotatable bonds is 1. The summed E-state index contributed by atoms with van der Waals surface area (Å²) < 4.78 is 1.80. The molecular weight excluding hydrogens is 138 g/mol. The zero-order chi connectivity index (χ0) is 8.06. The fraction of sp³-hybridized carbons (Fsp3) is 0.625. The van der Waals surface area contributed by atoms with Crippen molar-refractivity contribution in [2.24, 2.45) is 18.7 Å². The smallest absolute Gasteiger partial charge is 0.0540 e.